The molecule has 1 aliphatic rings. The summed E-state index contributed by atoms with van der Waals surface area (Å²) in [7, 11) is 0. The van der Waals surface area contributed by atoms with Crippen LogP contribution < -0.4 is 10.5 Å². The molecule has 0 amide bonds. The van der Waals surface area contributed by atoms with E-state index in [-0.39, 0.29) is 6.04 Å². The van der Waals surface area contributed by atoms with Crippen molar-refractivity contribution in [2.75, 3.05) is 6.61 Å². The van der Waals surface area contributed by atoms with Crippen LogP contribution in [0, 0.1) is 0 Å². The van der Waals surface area contributed by atoms with Crippen LogP contribution in [0.1, 0.15) is 11.6 Å². The molecular formula is C8H7Cl2NO. The minimum atomic E-state index is -0.121. The highest BCUT2D eigenvalue weighted by Crippen LogP contribution is 2.38. The van der Waals surface area contributed by atoms with Gasteiger partial charge < -0.3 is 10.5 Å². The fourth-order valence-electron chi connectivity index (χ4n) is 1.30. The molecular weight excluding hydrogens is 197 g/mol. The average molecular weight is 204 g/mol. The summed E-state index contributed by atoms with van der Waals surface area (Å²) in [6.45, 7) is 0.482. The number of nitrogens with two attached hydrogens (primary N) is 1. The summed E-state index contributed by atoms with van der Waals surface area (Å²) in [6, 6.07) is 3.29. The Bertz CT molecular complexity index is 327. The van der Waals surface area contributed by atoms with Gasteiger partial charge in [0, 0.05) is 10.6 Å². The Hall–Kier alpha value is -0.440. The first-order chi connectivity index (χ1) is 5.68. The van der Waals surface area contributed by atoms with Crippen LogP contribution in [0.2, 0.25) is 10.0 Å². The molecule has 1 aliphatic heterocycles. The minimum Gasteiger partial charge on any atom is -0.491 e. The molecule has 0 bridgehead atoms. The highest BCUT2D eigenvalue weighted by molar-refractivity contribution is 6.35. The fourth-order valence-corrected chi connectivity index (χ4v) is 1.92. The quantitative estimate of drug-likeness (QED) is 0.704. The third kappa shape index (κ3) is 1.16. The Morgan fingerprint density at radius 3 is 2.92 bits per heavy atom. The van der Waals surface area contributed by atoms with Crippen LogP contribution in [0.15, 0.2) is 12.1 Å². The Kier molecular flexibility index (Phi) is 1.91. The fraction of sp³-hybridized carbons (Fsp3) is 0.250. The third-order valence-corrected chi connectivity index (χ3v) is 2.38. The summed E-state index contributed by atoms with van der Waals surface area (Å²) in [5, 5.41) is 1.16. The first-order valence-corrected chi connectivity index (χ1v) is 4.31. The second-order valence-electron chi connectivity index (χ2n) is 2.72. The zero-order valence-electron chi connectivity index (χ0n) is 6.18. The molecule has 1 aromatic rings. The van der Waals surface area contributed by atoms with Crippen molar-refractivity contribution < 1.29 is 4.74 Å². The number of hydrogen-bond acceptors (Lipinski definition) is 2. The molecule has 1 unspecified atom stereocenters. The second kappa shape index (κ2) is 2.80. The predicted molar refractivity (Wildman–Crippen MR) is 48.9 cm³/mol. The number of benzene rings is 1. The molecule has 0 radical (unpaired) electrons. The first kappa shape index (κ1) is 8.17. The lowest BCUT2D eigenvalue weighted by Gasteiger charge is -2.03. The maximum atomic E-state index is 5.93. The number of fused-ring (bicyclic) bond motifs is 1. The molecule has 2 rings (SSSR count). The molecule has 12 heavy (non-hydrogen) atoms. The summed E-state index contributed by atoms with van der Waals surface area (Å²) >= 11 is 11.7. The molecule has 1 aromatic carbocycles. The Labute approximate surface area is 80.2 Å². The highest BCUT2D eigenvalue weighted by Gasteiger charge is 2.23. The standard InChI is InChI=1S/C8H7Cl2NO/c9-4-1-5(10)8-6(11)3-12-7(8)2-4/h1-2,6H,3,11H2. The summed E-state index contributed by atoms with van der Waals surface area (Å²) < 4.78 is 5.28. The zero-order chi connectivity index (χ0) is 8.72. The van der Waals surface area contributed by atoms with E-state index in [9.17, 15) is 0 Å². The van der Waals surface area contributed by atoms with Gasteiger partial charge in [-0.2, -0.15) is 0 Å². The van der Waals surface area contributed by atoms with E-state index in [2.05, 4.69) is 0 Å². The van der Waals surface area contributed by atoms with E-state index in [0.29, 0.717) is 22.4 Å². The molecule has 1 atom stereocenters. The Balaban J connectivity index is 2.60. The van der Waals surface area contributed by atoms with Crippen LogP contribution in [0.4, 0.5) is 0 Å². The molecule has 4 heteroatoms. The summed E-state index contributed by atoms with van der Waals surface area (Å²) in [5.74, 6) is 0.708. The van der Waals surface area contributed by atoms with Crippen molar-refractivity contribution in [1.29, 1.82) is 0 Å². The second-order valence-corrected chi connectivity index (χ2v) is 3.56. The molecule has 0 spiro atoms. The van der Waals surface area contributed by atoms with Gasteiger partial charge in [0.15, 0.2) is 0 Å². The lowest BCUT2D eigenvalue weighted by atomic mass is 10.1. The van der Waals surface area contributed by atoms with Crippen molar-refractivity contribution in [2.45, 2.75) is 6.04 Å². The molecule has 1 heterocycles. The van der Waals surface area contributed by atoms with E-state index >= 15 is 0 Å². The lowest BCUT2D eigenvalue weighted by molar-refractivity contribution is 0.333. The van der Waals surface area contributed by atoms with E-state index in [1.807, 2.05) is 0 Å². The van der Waals surface area contributed by atoms with Crippen molar-refractivity contribution >= 4 is 23.2 Å². The van der Waals surface area contributed by atoms with Crippen LogP contribution in [-0.4, -0.2) is 6.61 Å². The van der Waals surface area contributed by atoms with E-state index in [4.69, 9.17) is 33.7 Å². The predicted octanol–water partition coefficient (Wildman–Crippen LogP) is 2.39. The number of hydrogen-bond donors (Lipinski definition) is 1. The topological polar surface area (TPSA) is 35.2 Å². The van der Waals surface area contributed by atoms with Gasteiger partial charge in [0.25, 0.3) is 0 Å². The van der Waals surface area contributed by atoms with Gasteiger partial charge in [0.05, 0.1) is 11.1 Å². The van der Waals surface area contributed by atoms with Gasteiger partial charge in [-0.05, 0) is 12.1 Å². The Morgan fingerprint density at radius 1 is 1.42 bits per heavy atom. The van der Waals surface area contributed by atoms with Crippen molar-refractivity contribution in [1.82, 2.24) is 0 Å². The van der Waals surface area contributed by atoms with Crippen molar-refractivity contribution in [3.05, 3.63) is 27.7 Å². The summed E-state index contributed by atoms with van der Waals surface area (Å²) in [4.78, 5) is 0. The third-order valence-electron chi connectivity index (χ3n) is 1.85. The molecule has 2 nitrogen and oxygen atoms in total. The molecule has 2 N–H and O–H groups in total. The van der Waals surface area contributed by atoms with Gasteiger partial charge in [0.1, 0.15) is 12.4 Å². The SMILES string of the molecule is NC1COc2cc(Cl)cc(Cl)c21. The van der Waals surface area contributed by atoms with E-state index < -0.39 is 0 Å². The molecule has 0 fully saturated rings. The smallest absolute Gasteiger partial charge is 0.127 e. The number of rotatable bonds is 0. The van der Waals surface area contributed by atoms with Crippen LogP contribution in [-0.2, 0) is 0 Å². The largest absolute Gasteiger partial charge is 0.491 e. The molecule has 0 saturated heterocycles. The molecule has 0 saturated carbocycles. The van der Waals surface area contributed by atoms with Crippen LogP contribution >= 0.6 is 23.2 Å². The zero-order valence-corrected chi connectivity index (χ0v) is 7.69. The van der Waals surface area contributed by atoms with Crippen LogP contribution in [0.25, 0.3) is 0 Å². The van der Waals surface area contributed by atoms with Gasteiger partial charge in [-0.1, -0.05) is 23.2 Å². The monoisotopic (exact) mass is 203 g/mol. The maximum Gasteiger partial charge on any atom is 0.127 e. The highest BCUT2D eigenvalue weighted by atomic mass is 35.5. The van der Waals surface area contributed by atoms with Gasteiger partial charge in [-0.25, -0.2) is 0 Å². The minimum absolute atomic E-state index is 0.121. The van der Waals surface area contributed by atoms with Crippen molar-refractivity contribution in [3.63, 3.8) is 0 Å². The molecule has 64 valence electrons. The number of halogens is 2. The van der Waals surface area contributed by atoms with Crippen LogP contribution in [0.5, 0.6) is 5.75 Å². The number of ether oxygens (including phenoxy) is 1. The van der Waals surface area contributed by atoms with Gasteiger partial charge in [0.2, 0.25) is 0 Å². The normalized spacial score (nSPS) is 20.4. The van der Waals surface area contributed by atoms with Crippen LogP contribution in [0.3, 0.4) is 0 Å². The summed E-state index contributed by atoms with van der Waals surface area (Å²) in [6.07, 6.45) is 0. The van der Waals surface area contributed by atoms with E-state index in [1.165, 1.54) is 0 Å². The first-order valence-electron chi connectivity index (χ1n) is 3.56. The average Bonchev–Trinajstić information content (AvgIpc) is 2.31. The Morgan fingerprint density at radius 2 is 2.17 bits per heavy atom. The lowest BCUT2D eigenvalue weighted by Crippen LogP contribution is -2.11. The van der Waals surface area contributed by atoms with Gasteiger partial charge >= 0.3 is 0 Å². The van der Waals surface area contributed by atoms with Crippen molar-refractivity contribution in [2.24, 2.45) is 5.73 Å². The molecule has 0 aliphatic carbocycles. The van der Waals surface area contributed by atoms with Gasteiger partial charge in [-0.15, -0.1) is 0 Å². The maximum absolute atomic E-state index is 5.93. The van der Waals surface area contributed by atoms with E-state index in [0.717, 1.165) is 5.56 Å². The van der Waals surface area contributed by atoms with Gasteiger partial charge in [-0.3, -0.25) is 0 Å². The molecule has 0 aromatic heterocycles. The van der Waals surface area contributed by atoms with E-state index in [1.54, 1.807) is 12.1 Å². The van der Waals surface area contributed by atoms with Crippen molar-refractivity contribution in [3.8, 4) is 5.75 Å². The summed E-state index contributed by atoms with van der Waals surface area (Å²) in [5.41, 5.74) is 6.61.